The highest BCUT2D eigenvalue weighted by atomic mass is 16.4. The molecule has 1 aliphatic rings. The lowest BCUT2D eigenvalue weighted by molar-refractivity contribution is -0.145. The number of carboxylic acids is 1. The molecule has 2 atom stereocenters. The Morgan fingerprint density at radius 2 is 1.79 bits per heavy atom. The maximum Gasteiger partial charge on any atom is 0.307 e. The van der Waals surface area contributed by atoms with E-state index in [9.17, 15) is 9.59 Å². The molecule has 1 fully saturated rings. The van der Waals surface area contributed by atoms with Crippen LogP contribution < -0.4 is 5.32 Å². The summed E-state index contributed by atoms with van der Waals surface area (Å²) in [5, 5.41) is 20.7. The molecule has 5 heteroatoms. The van der Waals surface area contributed by atoms with Gasteiger partial charge in [0.15, 0.2) is 0 Å². The Hall–Kier alpha value is -1.88. The van der Waals surface area contributed by atoms with Gasteiger partial charge in [-0.15, -0.1) is 0 Å². The number of aliphatic carboxylic acids is 1. The van der Waals surface area contributed by atoms with Gasteiger partial charge < -0.3 is 15.5 Å². The quantitative estimate of drug-likeness (QED) is 0.770. The highest BCUT2D eigenvalue weighted by Gasteiger charge is 2.37. The monoisotopic (exact) mass is 263 g/mol. The van der Waals surface area contributed by atoms with E-state index >= 15 is 0 Å². The van der Waals surface area contributed by atoms with E-state index in [0.717, 1.165) is 12.0 Å². The number of hydrogen-bond donors (Lipinski definition) is 3. The van der Waals surface area contributed by atoms with Gasteiger partial charge in [0, 0.05) is 5.69 Å². The molecule has 0 spiro atoms. The molecular weight excluding hydrogens is 246 g/mol. The SMILES string of the molecule is O=C(O)[C@H]1CCC[C@H]1C(=O)Nc1ccc(CO)cc1. The van der Waals surface area contributed by atoms with Crippen molar-refractivity contribution in [3.8, 4) is 0 Å². The lowest BCUT2D eigenvalue weighted by atomic mass is 9.95. The number of nitrogens with one attached hydrogen (secondary N) is 1. The predicted molar refractivity (Wildman–Crippen MR) is 69.5 cm³/mol. The number of hydrogen-bond acceptors (Lipinski definition) is 3. The Morgan fingerprint density at radius 3 is 2.37 bits per heavy atom. The number of carboxylic acid groups (broad SMARTS) is 1. The number of aliphatic hydroxyl groups is 1. The van der Waals surface area contributed by atoms with Crippen LogP contribution in [0.15, 0.2) is 24.3 Å². The van der Waals surface area contributed by atoms with E-state index < -0.39 is 17.8 Å². The largest absolute Gasteiger partial charge is 0.481 e. The molecular formula is C14H17NO4. The highest BCUT2D eigenvalue weighted by molar-refractivity contribution is 5.95. The second-order valence-electron chi connectivity index (χ2n) is 4.83. The van der Waals surface area contributed by atoms with E-state index in [0.29, 0.717) is 18.5 Å². The minimum atomic E-state index is -0.895. The molecule has 0 aliphatic heterocycles. The van der Waals surface area contributed by atoms with Gasteiger partial charge in [-0.25, -0.2) is 0 Å². The van der Waals surface area contributed by atoms with Gasteiger partial charge in [0.05, 0.1) is 18.4 Å². The van der Waals surface area contributed by atoms with Gasteiger partial charge >= 0.3 is 5.97 Å². The lowest BCUT2D eigenvalue weighted by Crippen LogP contribution is -2.29. The van der Waals surface area contributed by atoms with Crippen LogP contribution in [-0.4, -0.2) is 22.1 Å². The molecule has 2 rings (SSSR count). The number of anilines is 1. The summed E-state index contributed by atoms with van der Waals surface area (Å²) in [7, 11) is 0. The van der Waals surface area contributed by atoms with E-state index in [1.54, 1.807) is 24.3 Å². The maximum absolute atomic E-state index is 12.1. The second kappa shape index (κ2) is 5.84. The smallest absolute Gasteiger partial charge is 0.307 e. The van der Waals surface area contributed by atoms with Crippen molar-refractivity contribution in [2.24, 2.45) is 11.8 Å². The molecule has 0 unspecified atom stereocenters. The third-order valence-electron chi connectivity index (χ3n) is 3.57. The van der Waals surface area contributed by atoms with Crippen LogP contribution in [0.25, 0.3) is 0 Å². The first-order valence-electron chi connectivity index (χ1n) is 6.35. The fraction of sp³-hybridized carbons (Fsp3) is 0.429. The van der Waals surface area contributed by atoms with Gasteiger partial charge in [-0.3, -0.25) is 9.59 Å². The number of aliphatic hydroxyl groups excluding tert-OH is 1. The molecule has 1 aliphatic carbocycles. The van der Waals surface area contributed by atoms with Crippen molar-refractivity contribution in [1.29, 1.82) is 0 Å². The molecule has 0 radical (unpaired) electrons. The third kappa shape index (κ3) is 3.12. The minimum Gasteiger partial charge on any atom is -0.481 e. The van der Waals surface area contributed by atoms with Gasteiger partial charge in [0.1, 0.15) is 0 Å². The first-order chi connectivity index (χ1) is 9.11. The zero-order valence-electron chi connectivity index (χ0n) is 10.5. The van der Waals surface area contributed by atoms with Crippen molar-refractivity contribution in [2.75, 3.05) is 5.32 Å². The summed E-state index contributed by atoms with van der Waals surface area (Å²) in [5.74, 6) is -2.15. The predicted octanol–water partition coefficient (Wildman–Crippen LogP) is 1.62. The van der Waals surface area contributed by atoms with Crippen molar-refractivity contribution >= 4 is 17.6 Å². The zero-order chi connectivity index (χ0) is 13.8. The van der Waals surface area contributed by atoms with Gasteiger partial charge in [0.25, 0.3) is 0 Å². The highest BCUT2D eigenvalue weighted by Crippen LogP contribution is 2.32. The van der Waals surface area contributed by atoms with E-state index in [-0.39, 0.29) is 12.5 Å². The Bertz CT molecular complexity index is 469. The van der Waals surface area contributed by atoms with E-state index in [2.05, 4.69) is 5.32 Å². The van der Waals surface area contributed by atoms with Crippen LogP contribution in [0.2, 0.25) is 0 Å². The van der Waals surface area contributed by atoms with Crippen molar-refractivity contribution in [3.05, 3.63) is 29.8 Å². The molecule has 1 aromatic rings. The van der Waals surface area contributed by atoms with Crippen LogP contribution in [0.1, 0.15) is 24.8 Å². The summed E-state index contributed by atoms with van der Waals surface area (Å²) in [5.41, 5.74) is 1.39. The molecule has 0 saturated heterocycles. The summed E-state index contributed by atoms with van der Waals surface area (Å²) in [6.07, 6.45) is 1.97. The van der Waals surface area contributed by atoms with Crippen LogP contribution in [-0.2, 0) is 16.2 Å². The number of rotatable bonds is 4. The fourth-order valence-electron chi connectivity index (χ4n) is 2.50. The lowest BCUT2D eigenvalue weighted by Gasteiger charge is -2.15. The first-order valence-corrected chi connectivity index (χ1v) is 6.35. The maximum atomic E-state index is 12.1. The number of benzene rings is 1. The normalized spacial score (nSPS) is 22.2. The summed E-state index contributed by atoms with van der Waals surface area (Å²) >= 11 is 0. The summed E-state index contributed by atoms with van der Waals surface area (Å²) in [4.78, 5) is 23.1. The topological polar surface area (TPSA) is 86.6 Å². The molecule has 3 N–H and O–H groups in total. The molecule has 1 aromatic carbocycles. The zero-order valence-corrected chi connectivity index (χ0v) is 10.5. The molecule has 0 aromatic heterocycles. The van der Waals surface area contributed by atoms with E-state index in [1.165, 1.54) is 0 Å². The Labute approximate surface area is 111 Å². The second-order valence-corrected chi connectivity index (χ2v) is 4.83. The van der Waals surface area contributed by atoms with Gasteiger partial charge in [-0.2, -0.15) is 0 Å². The Kier molecular flexibility index (Phi) is 4.16. The van der Waals surface area contributed by atoms with Gasteiger partial charge in [0.2, 0.25) is 5.91 Å². The minimum absolute atomic E-state index is 0.0437. The Balaban J connectivity index is 2.01. The summed E-state index contributed by atoms with van der Waals surface area (Å²) in [6, 6.07) is 6.85. The van der Waals surface area contributed by atoms with Crippen molar-refractivity contribution in [2.45, 2.75) is 25.9 Å². The van der Waals surface area contributed by atoms with Crippen LogP contribution in [0.3, 0.4) is 0 Å². The molecule has 0 bridgehead atoms. The molecule has 102 valence electrons. The van der Waals surface area contributed by atoms with Crippen LogP contribution >= 0.6 is 0 Å². The molecule has 0 heterocycles. The average molecular weight is 263 g/mol. The number of carbonyl (C=O) groups is 2. The first kappa shape index (κ1) is 13.5. The number of carbonyl (C=O) groups excluding carboxylic acids is 1. The molecule has 1 saturated carbocycles. The fourth-order valence-corrected chi connectivity index (χ4v) is 2.50. The van der Waals surface area contributed by atoms with Gasteiger partial charge in [-0.05, 0) is 30.5 Å². The Morgan fingerprint density at radius 1 is 1.16 bits per heavy atom. The van der Waals surface area contributed by atoms with E-state index in [1.807, 2.05) is 0 Å². The van der Waals surface area contributed by atoms with Crippen molar-refractivity contribution in [3.63, 3.8) is 0 Å². The molecule has 1 amide bonds. The summed E-state index contributed by atoms with van der Waals surface area (Å²) < 4.78 is 0. The summed E-state index contributed by atoms with van der Waals surface area (Å²) in [6.45, 7) is -0.0437. The molecule has 5 nitrogen and oxygen atoms in total. The van der Waals surface area contributed by atoms with Crippen LogP contribution in [0.4, 0.5) is 5.69 Å². The van der Waals surface area contributed by atoms with Gasteiger partial charge in [-0.1, -0.05) is 18.6 Å². The number of amides is 1. The van der Waals surface area contributed by atoms with E-state index in [4.69, 9.17) is 10.2 Å². The van der Waals surface area contributed by atoms with Crippen molar-refractivity contribution < 1.29 is 19.8 Å². The van der Waals surface area contributed by atoms with Crippen LogP contribution in [0, 0.1) is 11.8 Å². The van der Waals surface area contributed by atoms with Crippen LogP contribution in [0.5, 0.6) is 0 Å². The standard InChI is InChI=1S/C14H17NO4/c16-8-9-4-6-10(7-5-9)15-13(17)11-2-1-3-12(11)14(18)19/h4-7,11-12,16H,1-3,8H2,(H,15,17)(H,18,19)/t11-,12+/m1/s1. The third-order valence-corrected chi connectivity index (χ3v) is 3.57. The average Bonchev–Trinajstić information content (AvgIpc) is 2.89. The van der Waals surface area contributed by atoms with Crippen molar-refractivity contribution in [1.82, 2.24) is 0 Å². The molecule has 19 heavy (non-hydrogen) atoms.